The molecule has 17 heavy (non-hydrogen) atoms. The molecule has 0 spiro atoms. The number of nitrogens with one attached hydrogen (secondary N) is 1. The summed E-state index contributed by atoms with van der Waals surface area (Å²) in [6.07, 6.45) is 4.85. The average Bonchev–Trinajstić information content (AvgIpc) is 2.88. The average molecular weight is 239 g/mol. The van der Waals surface area contributed by atoms with Gasteiger partial charge in [-0.25, -0.2) is 4.79 Å². The zero-order chi connectivity index (χ0) is 12.4. The van der Waals surface area contributed by atoms with Gasteiger partial charge in [0.05, 0.1) is 0 Å². The molecule has 2 fully saturated rings. The number of carbonyl (C=O) groups is 3. The number of hydrogen-bond donors (Lipinski definition) is 1. The number of amides is 4. The Morgan fingerprint density at radius 2 is 1.94 bits per heavy atom. The minimum absolute atomic E-state index is 0.281. The van der Waals surface area contributed by atoms with E-state index in [4.69, 9.17) is 0 Å². The smallest absolute Gasteiger partial charge is 0.302 e. The fraction of sp³-hybridized carbons (Fsp3) is 0.727. The summed E-state index contributed by atoms with van der Waals surface area (Å²) in [4.78, 5) is 36.7. The van der Waals surface area contributed by atoms with Crippen LogP contribution in [0.2, 0.25) is 0 Å². The van der Waals surface area contributed by atoms with Gasteiger partial charge in [-0.2, -0.15) is 0 Å². The second-order valence-electron chi connectivity index (χ2n) is 4.63. The van der Waals surface area contributed by atoms with E-state index in [-0.39, 0.29) is 6.54 Å². The van der Waals surface area contributed by atoms with Gasteiger partial charge in [0.15, 0.2) is 0 Å². The number of carbonyl (C=O) groups excluding carboxylic acids is 3. The highest BCUT2D eigenvalue weighted by Crippen LogP contribution is 2.22. The molecule has 2 rings (SSSR count). The first-order valence-electron chi connectivity index (χ1n) is 5.96. The molecular formula is C11H17N3O3. The molecule has 0 aromatic heterocycles. The van der Waals surface area contributed by atoms with Crippen molar-refractivity contribution < 1.29 is 14.4 Å². The van der Waals surface area contributed by atoms with E-state index in [0.717, 1.165) is 4.90 Å². The molecule has 1 aliphatic heterocycles. The van der Waals surface area contributed by atoms with Gasteiger partial charge in [0, 0.05) is 19.1 Å². The van der Waals surface area contributed by atoms with E-state index in [0.29, 0.717) is 12.6 Å². The third-order valence-electron chi connectivity index (χ3n) is 3.53. The maximum Gasteiger partial charge on any atom is 0.331 e. The molecule has 0 atom stereocenters. The van der Waals surface area contributed by atoms with Crippen molar-refractivity contribution in [3.05, 3.63) is 0 Å². The van der Waals surface area contributed by atoms with Crippen LogP contribution in [0.1, 0.15) is 25.7 Å². The van der Waals surface area contributed by atoms with Crippen molar-refractivity contribution in [2.24, 2.45) is 0 Å². The van der Waals surface area contributed by atoms with E-state index < -0.39 is 17.8 Å². The molecule has 2 aliphatic rings. The molecule has 0 aromatic rings. The molecule has 94 valence electrons. The quantitative estimate of drug-likeness (QED) is 0.551. The lowest BCUT2D eigenvalue weighted by Crippen LogP contribution is -2.40. The van der Waals surface area contributed by atoms with Gasteiger partial charge in [-0.05, 0) is 19.9 Å². The van der Waals surface area contributed by atoms with E-state index in [1.165, 1.54) is 25.7 Å². The van der Waals surface area contributed by atoms with Crippen LogP contribution in [0.25, 0.3) is 0 Å². The predicted octanol–water partition coefficient (Wildman–Crippen LogP) is -0.0608. The van der Waals surface area contributed by atoms with Crippen LogP contribution in [0.15, 0.2) is 0 Å². The van der Waals surface area contributed by atoms with Gasteiger partial charge in [0.25, 0.3) is 0 Å². The Labute approximate surface area is 99.9 Å². The summed E-state index contributed by atoms with van der Waals surface area (Å²) in [5, 5.41) is 1.99. The van der Waals surface area contributed by atoms with Crippen LogP contribution in [0.3, 0.4) is 0 Å². The van der Waals surface area contributed by atoms with Gasteiger partial charge in [-0.15, -0.1) is 0 Å². The van der Waals surface area contributed by atoms with Crippen LogP contribution < -0.4 is 5.32 Å². The third kappa shape index (κ3) is 2.46. The molecule has 0 unspecified atom stereocenters. The first-order chi connectivity index (χ1) is 8.09. The number of likely N-dealkylation sites (N-methyl/N-ethyl adjacent to an activating group) is 1. The lowest BCUT2D eigenvalue weighted by Gasteiger charge is -2.25. The summed E-state index contributed by atoms with van der Waals surface area (Å²) in [6.45, 7) is 0.903. The van der Waals surface area contributed by atoms with Crippen LogP contribution in [0.4, 0.5) is 4.79 Å². The van der Waals surface area contributed by atoms with Crippen LogP contribution in [-0.2, 0) is 9.59 Å². The molecule has 1 heterocycles. The van der Waals surface area contributed by atoms with E-state index in [9.17, 15) is 14.4 Å². The number of urea groups is 1. The zero-order valence-corrected chi connectivity index (χ0v) is 9.94. The van der Waals surface area contributed by atoms with Gasteiger partial charge in [-0.1, -0.05) is 12.8 Å². The molecular weight excluding hydrogens is 222 g/mol. The Morgan fingerprint density at radius 3 is 2.47 bits per heavy atom. The van der Waals surface area contributed by atoms with Crippen LogP contribution in [0, 0.1) is 0 Å². The van der Waals surface area contributed by atoms with Gasteiger partial charge in [0.2, 0.25) is 0 Å². The Balaban J connectivity index is 1.83. The second-order valence-corrected chi connectivity index (χ2v) is 4.63. The van der Waals surface area contributed by atoms with Gasteiger partial charge in [-0.3, -0.25) is 19.8 Å². The molecule has 1 N–H and O–H groups in total. The summed E-state index contributed by atoms with van der Waals surface area (Å²) < 4.78 is 0. The minimum Gasteiger partial charge on any atom is -0.302 e. The fourth-order valence-electron chi connectivity index (χ4n) is 2.42. The molecule has 0 bridgehead atoms. The maximum absolute atomic E-state index is 11.3. The fourth-order valence-corrected chi connectivity index (χ4v) is 2.42. The number of rotatable bonds is 4. The topological polar surface area (TPSA) is 69.7 Å². The highest BCUT2D eigenvalue weighted by molar-refractivity contribution is 6.44. The Bertz CT molecular complexity index is 350. The number of nitrogens with zero attached hydrogens (tertiary/aromatic N) is 2. The second kappa shape index (κ2) is 4.83. The molecule has 1 saturated carbocycles. The van der Waals surface area contributed by atoms with Crippen molar-refractivity contribution in [1.82, 2.24) is 15.1 Å². The highest BCUT2D eigenvalue weighted by atomic mass is 16.2. The lowest BCUT2D eigenvalue weighted by atomic mass is 10.2. The standard InChI is InChI=1S/C11H17N3O3/c1-13(8-4-2-3-5-8)6-7-14-10(16)9(15)12-11(14)17/h8H,2-7H2,1H3,(H,12,15,17). The molecule has 1 saturated heterocycles. The van der Waals surface area contributed by atoms with Gasteiger partial charge < -0.3 is 4.90 Å². The molecule has 6 heteroatoms. The molecule has 0 radical (unpaired) electrons. The summed E-state index contributed by atoms with van der Waals surface area (Å²) >= 11 is 0. The van der Waals surface area contributed by atoms with Crippen LogP contribution in [0.5, 0.6) is 0 Å². The molecule has 1 aliphatic carbocycles. The van der Waals surface area contributed by atoms with Gasteiger partial charge >= 0.3 is 17.8 Å². The van der Waals surface area contributed by atoms with Crippen molar-refractivity contribution in [2.75, 3.05) is 20.1 Å². The van der Waals surface area contributed by atoms with E-state index in [2.05, 4.69) is 4.90 Å². The zero-order valence-electron chi connectivity index (χ0n) is 9.94. The van der Waals surface area contributed by atoms with Crippen molar-refractivity contribution in [1.29, 1.82) is 0 Å². The number of hydrogen-bond acceptors (Lipinski definition) is 4. The molecule has 0 aromatic carbocycles. The monoisotopic (exact) mass is 239 g/mol. The van der Waals surface area contributed by atoms with Crippen molar-refractivity contribution in [3.63, 3.8) is 0 Å². The summed E-state index contributed by atoms with van der Waals surface area (Å²) in [6, 6.07) is -0.0497. The normalized spacial score (nSPS) is 21.8. The van der Waals surface area contributed by atoms with E-state index in [1.807, 2.05) is 12.4 Å². The van der Waals surface area contributed by atoms with Crippen molar-refractivity contribution >= 4 is 17.8 Å². The predicted molar refractivity (Wildman–Crippen MR) is 60.1 cm³/mol. The molecule has 6 nitrogen and oxygen atoms in total. The SMILES string of the molecule is CN(CCN1C(=O)NC(=O)C1=O)C1CCCC1. The summed E-state index contributed by atoms with van der Waals surface area (Å²) in [7, 11) is 2.00. The van der Waals surface area contributed by atoms with Crippen molar-refractivity contribution in [3.8, 4) is 0 Å². The molecule has 4 amide bonds. The largest absolute Gasteiger partial charge is 0.331 e. The Morgan fingerprint density at radius 1 is 1.29 bits per heavy atom. The summed E-state index contributed by atoms with van der Waals surface area (Å²) in [5.74, 6) is -1.56. The third-order valence-corrected chi connectivity index (χ3v) is 3.53. The van der Waals surface area contributed by atoms with E-state index >= 15 is 0 Å². The first-order valence-corrected chi connectivity index (χ1v) is 5.96. The van der Waals surface area contributed by atoms with Gasteiger partial charge in [0.1, 0.15) is 0 Å². The van der Waals surface area contributed by atoms with Crippen molar-refractivity contribution in [2.45, 2.75) is 31.7 Å². The van der Waals surface area contributed by atoms with E-state index in [1.54, 1.807) is 0 Å². The lowest BCUT2D eigenvalue weighted by molar-refractivity contribution is -0.140. The van der Waals surface area contributed by atoms with Crippen LogP contribution >= 0.6 is 0 Å². The maximum atomic E-state index is 11.3. The van der Waals surface area contributed by atoms with Crippen LogP contribution in [-0.4, -0.2) is 53.8 Å². The number of imide groups is 2. The minimum atomic E-state index is -0.821. The summed E-state index contributed by atoms with van der Waals surface area (Å²) in [5.41, 5.74) is 0. The first kappa shape index (κ1) is 12.0. The Kier molecular flexibility index (Phi) is 3.42. The Hall–Kier alpha value is -1.43. The highest BCUT2D eigenvalue weighted by Gasteiger charge is 2.36.